The molecule has 1 unspecified atom stereocenters. The monoisotopic (exact) mass is 327 g/mol. The van der Waals surface area contributed by atoms with Crippen molar-refractivity contribution in [2.45, 2.75) is 11.1 Å². The van der Waals surface area contributed by atoms with Gasteiger partial charge in [0.15, 0.2) is 5.03 Å². The van der Waals surface area contributed by atoms with E-state index in [9.17, 15) is 13.2 Å². The molecule has 2 rings (SSSR count). The number of rotatable bonds is 5. The second-order valence-electron chi connectivity index (χ2n) is 4.02. The van der Waals surface area contributed by atoms with E-state index in [0.717, 1.165) is 11.3 Å². The smallest absolute Gasteiger partial charge is 0.282 e. The van der Waals surface area contributed by atoms with Crippen LogP contribution in [0.2, 0.25) is 0 Å². The number of para-hydroxylation sites is 1. The van der Waals surface area contributed by atoms with Crippen molar-refractivity contribution in [1.29, 1.82) is 0 Å². The Morgan fingerprint density at radius 3 is 2.76 bits per heavy atom. The molecule has 112 valence electrons. The molecule has 1 aromatic heterocycles. The van der Waals surface area contributed by atoms with Gasteiger partial charge in [0.25, 0.3) is 15.9 Å². The van der Waals surface area contributed by atoms with Gasteiger partial charge in [-0.25, -0.2) is 9.71 Å². The van der Waals surface area contributed by atoms with Crippen LogP contribution in [-0.4, -0.2) is 26.4 Å². The number of benzene rings is 1. The Balaban J connectivity index is 2.21. The van der Waals surface area contributed by atoms with Crippen LogP contribution >= 0.6 is 11.3 Å². The molecule has 1 amide bonds. The molecule has 21 heavy (non-hydrogen) atoms. The fourth-order valence-corrected chi connectivity index (χ4v) is 3.49. The Morgan fingerprint density at radius 1 is 1.43 bits per heavy atom. The van der Waals surface area contributed by atoms with Gasteiger partial charge in [-0.05, 0) is 6.07 Å². The summed E-state index contributed by atoms with van der Waals surface area (Å²) in [6.45, 7) is 0. The molecule has 0 radical (unpaired) electrons. The highest BCUT2D eigenvalue weighted by molar-refractivity contribution is 7.90. The Kier molecular flexibility index (Phi) is 4.56. The van der Waals surface area contributed by atoms with Gasteiger partial charge in [0.05, 0.1) is 12.6 Å². The first-order chi connectivity index (χ1) is 9.95. The summed E-state index contributed by atoms with van der Waals surface area (Å²) in [7, 11) is -2.57. The number of carbonyl (C=O) groups excluding carboxylic acids is 1. The van der Waals surface area contributed by atoms with Gasteiger partial charge >= 0.3 is 0 Å². The number of aromatic nitrogens is 1. The molecule has 0 saturated heterocycles. The van der Waals surface area contributed by atoms with E-state index < -0.39 is 22.0 Å². The molecule has 0 fully saturated rings. The van der Waals surface area contributed by atoms with Crippen LogP contribution in [0.4, 0.5) is 0 Å². The van der Waals surface area contributed by atoms with Crippen molar-refractivity contribution in [3.63, 3.8) is 0 Å². The lowest BCUT2D eigenvalue weighted by molar-refractivity contribution is -0.120. The van der Waals surface area contributed by atoms with Crippen molar-refractivity contribution >= 4 is 27.3 Å². The van der Waals surface area contributed by atoms with Gasteiger partial charge in [0.2, 0.25) is 0 Å². The maximum absolute atomic E-state index is 12.0. The van der Waals surface area contributed by atoms with Crippen molar-refractivity contribution in [3.8, 4) is 5.75 Å². The second-order valence-corrected chi connectivity index (χ2v) is 6.36. The molecule has 7 nitrogen and oxygen atoms in total. The molecule has 0 aliphatic rings. The second kappa shape index (κ2) is 6.20. The van der Waals surface area contributed by atoms with Gasteiger partial charge in [-0.1, -0.05) is 18.2 Å². The van der Waals surface area contributed by atoms with Gasteiger partial charge in [-0.2, -0.15) is 8.42 Å². The van der Waals surface area contributed by atoms with Crippen LogP contribution in [-0.2, 0) is 14.8 Å². The lowest BCUT2D eigenvalue weighted by atomic mass is 10.1. The predicted octanol–water partition coefficient (Wildman–Crippen LogP) is 0.657. The minimum absolute atomic E-state index is 0.215. The van der Waals surface area contributed by atoms with Crippen LogP contribution in [0.1, 0.15) is 11.6 Å². The first kappa shape index (κ1) is 15.4. The number of amides is 1. The zero-order valence-corrected chi connectivity index (χ0v) is 12.6. The molecular weight excluding hydrogens is 314 g/mol. The number of ether oxygens (including phenoxy) is 1. The number of hydrogen-bond donors (Lipinski definition) is 2. The van der Waals surface area contributed by atoms with Gasteiger partial charge in [0.1, 0.15) is 11.8 Å². The fourth-order valence-electron chi connectivity index (χ4n) is 1.65. The quantitative estimate of drug-likeness (QED) is 0.834. The first-order valence-corrected chi connectivity index (χ1v) is 8.21. The van der Waals surface area contributed by atoms with Crippen LogP contribution in [0.25, 0.3) is 0 Å². The Bertz CT molecular complexity index is 729. The zero-order chi connectivity index (χ0) is 15.5. The number of hydrogen-bond acceptors (Lipinski definition) is 7. The summed E-state index contributed by atoms with van der Waals surface area (Å²) < 4.78 is 30.8. The van der Waals surface area contributed by atoms with Crippen LogP contribution in [0.5, 0.6) is 5.75 Å². The molecular formula is C12H13N3O4S2. The summed E-state index contributed by atoms with van der Waals surface area (Å²) >= 11 is 1.11. The van der Waals surface area contributed by atoms with E-state index in [2.05, 4.69) is 4.98 Å². The van der Waals surface area contributed by atoms with E-state index in [1.165, 1.54) is 18.0 Å². The average Bonchev–Trinajstić information content (AvgIpc) is 3.01. The number of thiazole rings is 1. The molecule has 0 saturated carbocycles. The predicted molar refractivity (Wildman–Crippen MR) is 77.4 cm³/mol. The first-order valence-electron chi connectivity index (χ1n) is 5.79. The Hall–Kier alpha value is -1.97. The van der Waals surface area contributed by atoms with Crippen molar-refractivity contribution in [2.75, 3.05) is 7.11 Å². The summed E-state index contributed by atoms with van der Waals surface area (Å²) in [6, 6.07) is 5.46. The number of carbonyl (C=O) groups is 1. The molecule has 1 heterocycles. The number of sulfonamides is 1. The molecule has 3 N–H and O–H groups in total. The Labute approximate surface area is 125 Å². The highest BCUT2D eigenvalue weighted by Crippen LogP contribution is 2.23. The normalized spacial score (nSPS) is 12.7. The minimum Gasteiger partial charge on any atom is -0.496 e. The van der Waals surface area contributed by atoms with Crippen LogP contribution in [0.3, 0.4) is 0 Å². The number of nitrogens with zero attached hydrogens (tertiary/aromatic N) is 1. The summed E-state index contributed by atoms with van der Waals surface area (Å²) in [5, 5.41) is 1.11. The third-order valence-corrected chi connectivity index (χ3v) is 4.66. The van der Waals surface area contributed by atoms with Crippen LogP contribution < -0.4 is 15.2 Å². The average molecular weight is 327 g/mol. The molecule has 2 aromatic rings. The third-order valence-electron chi connectivity index (χ3n) is 2.68. The van der Waals surface area contributed by atoms with Crippen molar-refractivity contribution in [2.24, 2.45) is 5.73 Å². The molecule has 1 aromatic carbocycles. The lowest BCUT2D eigenvalue weighted by Crippen LogP contribution is -2.38. The van der Waals surface area contributed by atoms with Crippen molar-refractivity contribution in [3.05, 3.63) is 40.7 Å². The molecule has 0 bridgehead atoms. The van der Waals surface area contributed by atoms with Crippen LogP contribution in [0.15, 0.2) is 40.2 Å². The maximum Gasteiger partial charge on any atom is 0.282 e. The van der Waals surface area contributed by atoms with E-state index in [1.54, 1.807) is 24.3 Å². The zero-order valence-electron chi connectivity index (χ0n) is 11.0. The fraction of sp³-hybridized carbons (Fsp3) is 0.167. The molecule has 1 atom stereocenters. The number of nitrogens with two attached hydrogens (primary N) is 1. The van der Waals surface area contributed by atoms with E-state index in [0.29, 0.717) is 11.3 Å². The largest absolute Gasteiger partial charge is 0.496 e. The van der Waals surface area contributed by atoms with Crippen LogP contribution in [0, 0.1) is 0 Å². The van der Waals surface area contributed by atoms with Crippen molar-refractivity contribution in [1.82, 2.24) is 9.71 Å². The van der Waals surface area contributed by atoms with E-state index in [1.807, 2.05) is 4.72 Å². The van der Waals surface area contributed by atoms with E-state index in [4.69, 9.17) is 10.5 Å². The number of nitrogens with one attached hydrogen (secondary N) is 1. The standard InChI is InChI=1S/C12H13N3O4S2/c1-19-9-5-3-2-4-8(9)11(13)12(16)15-21(17,18)10-6-20-7-14-10/h2-7,11H,13H2,1H3,(H,15,16). The van der Waals surface area contributed by atoms with Gasteiger partial charge in [-0.15, -0.1) is 11.3 Å². The molecule has 9 heteroatoms. The molecule has 0 spiro atoms. The minimum atomic E-state index is -4.01. The van der Waals surface area contributed by atoms with E-state index >= 15 is 0 Å². The van der Waals surface area contributed by atoms with Gasteiger partial charge in [0, 0.05) is 10.9 Å². The summed E-state index contributed by atoms with van der Waals surface area (Å²) in [5.41, 5.74) is 7.56. The summed E-state index contributed by atoms with van der Waals surface area (Å²) in [6.07, 6.45) is 0. The summed E-state index contributed by atoms with van der Waals surface area (Å²) in [4.78, 5) is 15.7. The van der Waals surface area contributed by atoms with Crippen molar-refractivity contribution < 1.29 is 17.9 Å². The highest BCUT2D eigenvalue weighted by atomic mass is 32.2. The maximum atomic E-state index is 12.0. The van der Waals surface area contributed by atoms with Gasteiger partial charge < -0.3 is 10.5 Å². The molecule has 0 aliphatic heterocycles. The highest BCUT2D eigenvalue weighted by Gasteiger charge is 2.26. The summed E-state index contributed by atoms with van der Waals surface area (Å²) in [5.74, 6) is -0.446. The Morgan fingerprint density at radius 2 is 2.14 bits per heavy atom. The van der Waals surface area contributed by atoms with E-state index in [-0.39, 0.29) is 5.03 Å². The van der Waals surface area contributed by atoms with Gasteiger partial charge in [-0.3, -0.25) is 4.79 Å². The molecule has 0 aliphatic carbocycles. The lowest BCUT2D eigenvalue weighted by Gasteiger charge is -2.15. The number of methoxy groups -OCH3 is 1. The SMILES string of the molecule is COc1ccccc1C(N)C(=O)NS(=O)(=O)c1cscn1. The topological polar surface area (TPSA) is 111 Å². The third kappa shape index (κ3) is 3.38.